The van der Waals surface area contributed by atoms with Crippen molar-refractivity contribution >= 4 is 30.8 Å². The first-order chi connectivity index (χ1) is 19.4. The van der Waals surface area contributed by atoms with Crippen LogP contribution in [0.15, 0.2) is 48.8 Å². The second-order valence-corrected chi connectivity index (χ2v) is 16.4. The van der Waals surface area contributed by atoms with Gasteiger partial charge in [-0.2, -0.15) is 0 Å². The summed E-state index contributed by atoms with van der Waals surface area (Å²) in [5.74, 6) is -0.145. The first kappa shape index (κ1) is 30.3. The average Bonchev–Trinajstić information content (AvgIpc) is 3.24. The summed E-state index contributed by atoms with van der Waals surface area (Å²) in [6, 6.07) is 9.46. The molecule has 1 amide bonds. The minimum absolute atomic E-state index is 0.104. The van der Waals surface area contributed by atoms with E-state index in [9.17, 15) is 27.5 Å². The number of pyridine rings is 3. The third kappa shape index (κ3) is 6.97. The number of amides is 1. The molecule has 0 aliphatic carbocycles. The first-order valence-electron chi connectivity index (χ1n) is 12.9. The number of aromatic nitrogens is 4. The van der Waals surface area contributed by atoms with E-state index in [1.54, 1.807) is 16.7 Å². The molecule has 0 radical (unpaired) electrons. The molecule has 4 aromatic heterocycles. The molecule has 0 aliphatic heterocycles. The summed E-state index contributed by atoms with van der Waals surface area (Å²) in [6.45, 7) is 8.17. The first-order valence-corrected chi connectivity index (χ1v) is 16.6. The fourth-order valence-corrected chi connectivity index (χ4v) is 5.17. The number of nitrogens with zero attached hydrogens (tertiary/aromatic N) is 4. The number of aliphatic hydroxyl groups excluding tert-OH is 1. The number of carbonyl (C=O) groups is 1. The number of carbonyl (C=O) groups excluding carboxylic acids is 1. The van der Waals surface area contributed by atoms with Crippen LogP contribution in [0.3, 0.4) is 0 Å². The Kier molecular flexibility index (Phi) is 9.20. The Bertz CT molecular complexity index is 1540. The van der Waals surface area contributed by atoms with Crippen molar-refractivity contribution in [3.05, 3.63) is 60.0 Å². The summed E-state index contributed by atoms with van der Waals surface area (Å²) in [5.41, 5.74) is 0.973. The largest absolute Gasteiger partial charge is 0.382 e. The zero-order valence-electron chi connectivity index (χ0n) is 23.0. The highest BCUT2D eigenvalue weighted by Crippen LogP contribution is 2.43. The van der Waals surface area contributed by atoms with Crippen LogP contribution in [-0.4, -0.2) is 51.6 Å². The maximum absolute atomic E-state index is 13.8. The third-order valence-electron chi connectivity index (χ3n) is 6.33. The van der Waals surface area contributed by atoms with E-state index in [4.69, 9.17) is 4.74 Å². The van der Waals surface area contributed by atoms with E-state index in [-0.39, 0.29) is 46.3 Å². The Morgan fingerprint density at radius 1 is 1.10 bits per heavy atom. The molecule has 4 heterocycles. The second-order valence-electron chi connectivity index (χ2n) is 10.7. The van der Waals surface area contributed by atoms with Crippen LogP contribution in [0.2, 0.25) is 25.7 Å². The minimum atomic E-state index is -3.10. The van der Waals surface area contributed by atoms with E-state index in [2.05, 4.69) is 39.9 Å². The molecule has 13 heteroatoms. The van der Waals surface area contributed by atoms with Gasteiger partial charge in [0.15, 0.2) is 0 Å². The molecule has 0 bridgehead atoms. The molecule has 1 atom stereocenters. The third-order valence-corrected chi connectivity index (χ3v) is 8.03. The number of rotatable bonds is 11. The molecule has 0 aliphatic rings. The molecule has 1 unspecified atom stereocenters. The Morgan fingerprint density at radius 3 is 2.49 bits per heavy atom. The number of aliphatic hydroxyl groups is 1. The highest BCUT2D eigenvalue weighted by Gasteiger charge is 2.29. The van der Waals surface area contributed by atoms with E-state index < -0.39 is 32.7 Å². The quantitative estimate of drug-likeness (QED) is 0.115. The van der Waals surface area contributed by atoms with Crippen LogP contribution in [0.4, 0.5) is 23.4 Å². The van der Waals surface area contributed by atoms with Crippen molar-refractivity contribution in [2.75, 3.05) is 11.9 Å². The number of ether oxygens (including phenoxy) is 1. The SMILES string of the molecule is CC(=O)Nc1cc(-c2c(-c3cccc(C(F)F)n3)c3nccc(C(O)C(F)F)c3n2COCC[Si](C)(C)C)ccn1. The molecule has 218 valence electrons. The fraction of sp³-hybridized carbons (Fsp3) is 0.357. The average molecular weight is 590 g/mol. The van der Waals surface area contributed by atoms with Gasteiger partial charge in [0, 0.05) is 45.1 Å². The molecule has 8 nitrogen and oxygen atoms in total. The van der Waals surface area contributed by atoms with Gasteiger partial charge in [-0.05, 0) is 36.4 Å². The van der Waals surface area contributed by atoms with E-state index >= 15 is 0 Å². The van der Waals surface area contributed by atoms with Crippen LogP contribution in [0.5, 0.6) is 0 Å². The lowest BCUT2D eigenvalue weighted by atomic mass is 10.0. The summed E-state index contributed by atoms with van der Waals surface area (Å²) in [4.78, 5) is 24.5. The number of nitrogens with one attached hydrogen (secondary N) is 1. The van der Waals surface area contributed by atoms with Gasteiger partial charge in [-0.25, -0.2) is 27.5 Å². The van der Waals surface area contributed by atoms with Gasteiger partial charge in [0.05, 0.1) is 28.0 Å². The van der Waals surface area contributed by atoms with Crippen LogP contribution < -0.4 is 5.32 Å². The molecule has 2 N–H and O–H groups in total. The van der Waals surface area contributed by atoms with Crippen LogP contribution in [0, 0.1) is 0 Å². The van der Waals surface area contributed by atoms with E-state index in [1.807, 2.05) is 0 Å². The number of anilines is 1. The molecular formula is C28H31F4N5O3Si. The Morgan fingerprint density at radius 2 is 1.83 bits per heavy atom. The van der Waals surface area contributed by atoms with Crippen molar-refractivity contribution < 1.29 is 32.2 Å². The van der Waals surface area contributed by atoms with E-state index in [0.29, 0.717) is 17.9 Å². The number of hydrogen-bond acceptors (Lipinski definition) is 6. The lowest BCUT2D eigenvalue weighted by molar-refractivity contribution is -0.114. The van der Waals surface area contributed by atoms with Gasteiger partial charge in [0.1, 0.15) is 24.3 Å². The van der Waals surface area contributed by atoms with Crippen LogP contribution in [0.25, 0.3) is 33.5 Å². The van der Waals surface area contributed by atoms with Crippen LogP contribution in [-0.2, 0) is 16.3 Å². The Balaban J connectivity index is 2.05. The lowest BCUT2D eigenvalue weighted by Gasteiger charge is -2.19. The van der Waals surface area contributed by atoms with Crippen molar-refractivity contribution in [3.8, 4) is 22.5 Å². The van der Waals surface area contributed by atoms with Gasteiger partial charge in [0.25, 0.3) is 12.9 Å². The van der Waals surface area contributed by atoms with Crippen molar-refractivity contribution in [3.63, 3.8) is 0 Å². The number of hydrogen-bond donors (Lipinski definition) is 2. The van der Waals surface area contributed by atoms with Crippen molar-refractivity contribution in [2.24, 2.45) is 0 Å². The van der Waals surface area contributed by atoms with Crippen molar-refractivity contribution in [1.29, 1.82) is 0 Å². The molecule has 0 saturated heterocycles. The van der Waals surface area contributed by atoms with E-state index in [1.165, 1.54) is 43.6 Å². The van der Waals surface area contributed by atoms with E-state index in [0.717, 1.165) is 6.04 Å². The topological polar surface area (TPSA) is 102 Å². The predicted molar refractivity (Wildman–Crippen MR) is 151 cm³/mol. The zero-order chi connectivity index (χ0) is 29.9. The molecule has 4 aromatic rings. The van der Waals surface area contributed by atoms with Gasteiger partial charge in [-0.1, -0.05) is 25.7 Å². The van der Waals surface area contributed by atoms with Crippen LogP contribution >= 0.6 is 0 Å². The summed E-state index contributed by atoms with van der Waals surface area (Å²) < 4.78 is 62.6. The monoisotopic (exact) mass is 589 g/mol. The van der Waals surface area contributed by atoms with Gasteiger partial charge in [0.2, 0.25) is 5.91 Å². The number of alkyl halides is 4. The van der Waals surface area contributed by atoms with Crippen LogP contribution in [0.1, 0.15) is 30.7 Å². The Labute approximate surface area is 235 Å². The molecule has 0 saturated carbocycles. The highest BCUT2D eigenvalue weighted by atomic mass is 28.3. The number of fused-ring (bicyclic) bond motifs is 1. The van der Waals surface area contributed by atoms with Gasteiger partial charge in [-0.15, -0.1) is 0 Å². The van der Waals surface area contributed by atoms with Gasteiger partial charge in [-0.3, -0.25) is 9.78 Å². The summed E-state index contributed by atoms with van der Waals surface area (Å²) in [6.07, 6.45) is -5.38. The predicted octanol–water partition coefficient (Wildman–Crippen LogP) is 6.67. The smallest absolute Gasteiger partial charge is 0.280 e. The van der Waals surface area contributed by atoms with Crippen molar-refractivity contribution in [2.45, 2.75) is 58.3 Å². The van der Waals surface area contributed by atoms with Gasteiger partial charge < -0.3 is 19.7 Å². The molecule has 0 aromatic carbocycles. The molecule has 0 fully saturated rings. The minimum Gasteiger partial charge on any atom is -0.382 e. The molecule has 41 heavy (non-hydrogen) atoms. The second kappa shape index (κ2) is 12.5. The summed E-state index contributed by atoms with van der Waals surface area (Å²) in [7, 11) is -1.47. The summed E-state index contributed by atoms with van der Waals surface area (Å²) >= 11 is 0. The molecule has 0 spiro atoms. The normalized spacial score (nSPS) is 12.9. The Hall–Kier alpha value is -3.68. The number of halogens is 4. The standard InChI is InChI=1S/C28H31F4N5O3Si/c1-16(38)35-21-14-17(8-10-33-21)24-22(19-6-5-7-20(36-19)27(29)30)23-25(18(9-11-34-23)26(39)28(31)32)37(24)15-40-12-13-41(2,3)4/h5-11,14,26-28,39H,12-13,15H2,1-4H3,(H,33,35,38). The highest BCUT2D eigenvalue weighted by molar-refractivity contribution is 6.76. The zero-order valence-corrected chi connectivity index (χ0v) is 24.0. The lowest BCUT2D eigenvalue weighted by Crippen LogP contribution is -2.22. The molecular weight excluding hydrogens is 558 g/mol. The molecule has 4 rings (SSSR count). The van der Waals surface area contributed by atoms with Crippen molar-refractivity contribution in [1.82, 2.24) is 19.5 Å². The maximum atomic E-state index is 13.8. The van der Waals surface area contributed by atoms with Gasteiger partial charge >= 0.3 is 0 Å². The fourth-order valence-electron chi connectivity index (χ4n) is 4.41. The summed E-state index contributed by atoms with van der Waals surface area (Å²) in [5, 5.41) is 13.1. The maximum Gasteiger partial charge on any atom is 0.280 e.